The lowest BCUT2D eigenvalue weighted by Gasteiger charge is -2.26. The molecule has 4 aromatic rings. The minimum atomic E-state index is -0.641. The van der Waals surface area contributed by atoms with Crippen LogP contribution in [0.15, 0.2) is 37.4 Å². The van der Waals surface area contributed by atoms with Gasteiger partial charge in [0.15, 0.2) is 23.3 Å². The summed E-state index contributed by atoms with van der Waals surface area (Å²) in [5.41, 5.74) is 0. The van der Waals surface area contributed by atoms with Crippen molar-refractivity contribution in [2.45, 2.75) is 0 Å². The third-order valence-electron chi connectivity index (χ3n) is 5.43. The number of aromatic nitrogens is 8. The molecule has 14 heteroatoms. The molecular formula is C20H18ClFN12. The van der Waals surface area contributed by atoms with E-state index in [4.69, 9.17) is 11.6 Å². The minimum Gasteiger partial charge on any atom is -0.313 e. The highest BCUT2D eigenvalue weighted by atomic mass is 35.5. The summed E-state index contributed by atoms with van der Waals surface area (Å²) in [4.78, 5) is 40.5. The molecule has 0 amide bonds. The lowest BCUT2D eigenvalue weighted by Crippen LogP contribution is -2.22. The van der Waals surface area contributed by atoms with Gasteiger partial charge in [-0.3, -0.25) is 0 Å². The van der Waals surface area contributed by atoms with Gasteiger partial charge in [0, 0.05) is 40.3 Å². The van der Waals surface area contributed by atoms with Crippen molar-refractivity contribution in [2.24, 2.45) is 0 Å². The summed E-state index contributed by atoms with van der Waals surface area (Å²) in [6.45, 7) is 0. The van der Waals surface area contributed by atoms with E-state index >= 15 is 4.39 Å². The average molecular weight is 481 g/mol. The van der Waals surface area contributed by atoms with Crippen LogP contribution in [-0.4, -0.2) is 68.1 Å². The Morgan fingerprint density at radius 3 is 1.21 bits per heavy atom. The Morgan fingerprint density at radius 1 is 0.529 bits per heavy atom. The van der Waals surface area contributed by atoms with Crippen molar-refractivity contribution >= 4 is 58.1 Å². The molecule has 5 rings (SSSR count). The van der Waals surface area contributed by atoms with Crippen LogP contribution in [0.25, 0.3) is 0 Å². The van der Waals surface area contributed by atoms with Crippen LogP contribution in [0.2, 0.25) is 5.02 Å². The van der Waals surface area contributed by atoms with E-state index in [-0.39, 0.29) is 11.6 Å². The number of hydrogen-bond donors (Lipinski definition) is 0. The molecule has 5 heterocycles. The Labute approximate surface area is 198 Å². The minimum absolute atomic E-state index is 0.0324. The molecule has 172 valence electrons. The number of halogens is 2. The summed E-state index contributed by atoms with van der Waals surface area (Å²) < 4.78 is 15.6. The molecule has 0 aliphatic carbocycles. The number of rotatable bonds is 0. The zero-order valence-corrected chi connectivity index (χ0v) is 19.3. The van der Waals surface area contributed by atoms with Crippen molar-refractivity contribution < 1.29 is 4.39 Å². The molecule has 0 spiro atoms. The summed E-state index contributed by atoms with van der Waals surface area (Å²) >= 11 is 6.73. The van der Waals surface area contributed by atoms with Crippen LogP contribution in [0.1, 0.15) is 0 Å². The second-order valence-electron chi connectivity index (χ2n) is 7.37. The van der Waals surface area contributed by atoms with Crippen molar-refractivity contribution in [1.82, 2.24) is 39.9 Å². The Balaban J connectivity index is 1.78. The monoisotopic (exact) mass is 480 g/mol. The van der Waals surface area contributed by atoms with Crippen LogP contribution in [0, 0.1) is 5.82 Å². The molecule has 0 radical (unpaired) electrons. The molecule has 1 aliphatic heterocycles. The van der Waals surface area contributed by atoms with Gasteiger partial charge in [0.05, 0.1) is 0 Å². The number of fused-ring (bicyclic) bond motifs is 8. The molecule has 0 atom stereocenters. The lowest BCUT2D eigenvalue weighted by molar-refractivity contribution is 0.612. The number of nitrogens with zero attached hydrogens (tertiary/aromatic N) is 12. The highest BCUT2D eigenvalue weighted by Crippen LogP contribution is 2.37. The normalized spacial score (nSPS) is 13.4. The van der Waals surface area contributed by atoms with Gasteiger partial charge in [-0.2, -0.15) is 4.39 Å². The van der Waals surface area contributed by atoms with Gasteiger partial charge in [0.1, 0.15) is 53.6 Å². The van der Waals surface area contributed by atoms with Gasteiger partial charge in [-0.15, -0.1) is 0 Å². The zero-order valence-electron chi connectivity index (χ0n) is 18.6. The first-order valence-electron chi connectivity index (χ1n) is 9.96. The van der Waals surface area contributed by atoms with Gasteiger partial charge in [-0.05, 0) is 0 Å². The van der Waals surface area contributed by atoms with Crippen molar-refractivity contribution in [3.63, 3.8) is 0 Å². The van der Waals surface area contributed by atoms with Crippen molar-refractivity contribution in [1.29, 1.82) is 0 Å². The van der Waals surface area contributed by atoms with Crippen LogP contribution in [-0.2, 0) is 0 Å². The molecule has 0 fully saturated rings. The van der Waals surface area contributed by atoms with E-state index in [2.05, 4.69) is 39.9 Å². The zero-order chi connectivity index (χ0) is 24.0. The summed E-state index contributed by atoms with van der Waals surface area (Å²) in [6.07, 6.45) is 5.43. The van der Waals surface area contributed by atoms with Crippen LogP contribution >= 0.6 is 11.6 Å². The second-order valence-corrected chi connectivity index (χ2v) is 7.75. The van der Waals surface area contributed by atoms with E-state index in [1.807, 2.05) is 0 Å². The second kappa shape index (κ2) is 8.26. The highest BCUT2D eigenvalue weighted by molar-refractivity contribution is 6.35. The van der Waals surface area contributed by atoms with Crippen LogP contribution in [0.5, 0.6) is 0 Å². The van der Waals surface area contributed by atoms with E-state index < -0.39 is 5.82 Å². The lowest BCUT2D eigenvalue weighted by atomic mass is 10.3. The van der Waals surface area contributed by atoms with Crippen molar-refractivity contribution in [2.75, 3.05) is 47.8 Å². The van der Waals surface area contributed by atoms with E-state index in [0.717, 1.165) is 0 Å². The first kappa shape index (κ1) is 21.6. The number of anilines is 8. The molecule has 12 nitrogen and oxygen atoms in total. The molecule has 1 aliphatic rings. The fraction of sp³-hybridized carbons (Fsp3) is 0.200. The molecule has 8 bridgehead atoms. The molecule has 4 aromatic heterocycles. The van der Waals surface area contributed by atoms with E-state index in [0.29, 0.717) is 39.9 Å². The predicted molar refractivity (Wildman–Crippen MR) is 125 cm³/mol. The Bertz CT molecular complexity index is 1190. The summed E-state index contributed by atoms with van der Waals surface area (Å²) in [7, 11) is 6.82. The average Bonchev–Trinajstić information content (AvgIpc) is 2.87. The Kier molecular flexibility index (Phi) is 5.24. The molecule has 0 saturated carbocycles. The summed E-state index contributed by atoms with van der Waals surface area (Å²) in [5.74, 6) is 2.03. The SMILES string of the molecule is CN1c2cc(ncn2)N(C)c2ncnc(c2Cl)N(C)c2cc(ncn2)N(C)c2ncnc1c2F. The maximum Gasteiger partial charge on any atom is 0.208 e. The fourth-order valence-corrected chi connectivity index (χ4v) is 3.83. The van der Waals surface area contributed by atoms with Gasteiger partial charge in [0.25, 0.3) is 0 Å². The van der Waals surface area contributed by atoms with Gasteiger partial charge in [-0.1, -0.05) is 11.6 Å². The van der Waals surface area contributed by atoms with Gasteiger partial charge in [-0.25, -0.2) is 39.9 Å². The highest BCUT2D eigenvalue weighted by Gasteiger charge is 2.24. The molecule has 0 unspecified atom stereocenters. The third-order valence-corrected chi connectivity index (χ3v) is 5.77. The summed E-state index contributed by atoms with van der Waals surface area (Å²) in [5, 5.41) is 0.293. The predicted octanol–water partition coefficient (Wildman–Crippen LogP) is 3.02. The Morgan fingerprint density at radius 2 is 0.824 bits per heavy atom. The molecule has 0 N–H and O–H groups in total. The molecule has 34 heavy (non-hydrogen) atoms. The first-order valence-corrected chi connectivity index (χ1v) is 10.3. The van der Waals surface area contributed by atoms with E-state index in [1.165, 1.54) is 35.1 Å². The van der Waals surface area contributed by atoms with E-state index in [1.54, 1.807) is 50.1 Å². The maximum atomic E-state index is 15.6. The van der Waals surface area contributed by atoms with Crippen LogP contribution in [0.4, 0.5) is 50.9 Å². The van der Waals surface area contributed by atoms with Gasteiger partial charge >= 0.3 is 0 Å². The van der Waals surface area contributed by atoms with Crippen LogP contribution < -0.4 is 19.6 Å². The Hall–Kier alpha value is -4.26. The van der Waals surface area contributed by atoms with Gasteiger partial charge < -0.3 is 19.6 Å². The maximum absolute atomic E-state index is 15.6. The topological polar surface area (TPSA) is 116 Å². The standard InChI is InChI=1S/C20H18ClFN12/c1-31-11-5-13(25-7-23-11)33(3)19-16(22)20(30-10-29-19)34(4)14-6-12(24-8-26-14)32(2)18-15(21)17(31)27-9-28-18/h5-10H,1-4H3. The first-order chi connectivity index (χ1) is 16.4. The van der Waals surface area contributed by atoms with Crippen molar-refractivity contribution in [3.05, 3.63) is 48.3 Å². The number of hydrogen-bond acceptors (Lipinski definition) is 12. The third kappa shape index (κ3) is 3.46. The smallest absolute Gasteiger partial charge is 0.208 e. The fourth-order valence-electron chi connectivity index (χ4n) is 3.48. The molecule has 0 aromatic carbocycles. The van der Waals surface area contributed by atoms with Gasteiger partial charge in [0.2, 0.25) is 5.82 Å². The molecular weight excluding hydrogens is 463 g/mol. The molecule has 0 saturated heterocycles. The largest absolute Gasteiger partial charge is 0.313 e. The van der Waals surface area contributed by atoms with Crippen molar-refractivity contribution in [3.8, 4) is 0 Å². The van der Waals surface area contributed by atoms with Crippen LogP contribution in [0.3, 0.4) is 0 Å². The summed E-state index contributed by atoms with van der Waals surface area (Å²) in [6, 6.07) is 3.34. The quantitative estimate of drug-likeness (QED) is 0.368. The van der Waals surface area contributed by atoms with E-state index in [9.17, 15) is 0 Å².